The quantitative estimate of drug-likeness (QED) is 0.895. The van der Waals surface area contributed by atoms with Crippen molar-refractivity contribution >= 4 is 27.9 Å². The van der Waals surface area contributed by atoms with E-state index in [1.54, 1.807) is 13.8 Å². The second-order valence-electron chi connectivity index (χ2n) is 3.93. The SMILES string of the molecule is CC(C)(C(=O)O)c1ccc(C(=O)O)c(Br)c1. The number of carboxylic acid groups (broad SMARTS) is 2. The first-order valence-electron chi connectivity index (χ1n) is 4.53. The number of carboxylic acids is 2. The molecule has 0 aliphatic rings. The van der Waals surface area contributed by atoms with Crippen molar-refractivity contribution in [3.05, 3.63) is 33.8 Å². The number of hydrogen-bond donors (Lipinski definition) is 2. The van der Waals surface area contributed by atoms with E-state index in [9.17, 15) is 9.59 Å². The average molecular weight is 287 g/mol. The van der Waals surface area contributed by atoms with Gasteiger partial charge in [0.1, 0.15) is 0 Å². The minimum Gasteiger partial charge on any atom is -0.481 e. The molecule has 0 radical (unpaired) electrons. The highest BCUT2D eigenvalue weighted by atomic mass is 79.9. The Hall–Kier alpha value is -1.36. The van der Waals surface area contributed by atoms with E-state index in [0.717, 1.165) is 0 Å². The number of aliphatic carboxylic acids is 1. The molecule has 0 aliphatic carbocycles. The van der Waals surface area contributed by atoms with Crippen molar-refractivity contribution in [2.75, 3.05) is 0 Å². The smallest absolute Gasteiger partial charge is 0.336 e. The Morgan fingerprint density at radius 3 is 2.19 bits per heavy atom. The van der Waals surface area contributed by atoms with Crippen molar-refractivity contribution in [1.29, 1.82) is 0 Å². The zero-order chi connectivity index (χ0) is 12.5. The van der Waals surface area contributed by atoms with Crippen LogP contribution < -0.4 is 0 Å². The largest absolute Gasteiger partial charge is 0.481 e. The predicted molar refractivity (Wildman–Crippen MR) is 61.8 cm³/mol. The summed E-state index contributed by atoms with van der Waals surface area (Å²) in [5, 5.41) is 17.9. The number of aromatic carboxylic acids is 1. The van der Waals surface area contributed by atoms with Crippen LogP contribution >= 0.6 is 15.9 Å². The number of benzene rings is 1. The molecule has 0 spiro atoms. The summed E-state index contributed by atoms with van der Waals surface area (Å²) < 4.78 is 0.381. The molecule has 0 fully saturated rings. The van der Waals surface area contributed by atoms with Crippen molar-refractivity contribution in [2.24, 2.45) is 0 Å². The van der Waals surface area contributed by atoms with E-state index in [-0.39, 0.29) is 5.56 Å². The lowest BCUT2D eigenvalue weighted by Crippen LogP contribution is -2.28. The zero-order valence-electron chi connectivity index (χ0n) is 8.82. The Morgan fingerprint density at radius 2 is 1.81 bits per heavy atom. The first-order valence-corrected chi connectivity index (χ1v) is 5.33. The van der Waals surface area contributed by atoms with Gasteiger partial charge in [0.15, 0.2) is 0 Å². The van der Waals surface area contributed by atoms with Crippen molar-refractivity contribution in [2.45, 2.75) is 19.3 Å². The van der Waals surface area contributed by atoms with Gasteiger partial charge in [0.2, 0.25) is 0 Å². The normalized spacial score (nSPS) is 11.2. The first-order chi connectivity index (χ1) is 7.26. The standard InChI is InChI=1S/C11H11BrO4/c1-11(2,10(15)16)6-3-4-7(9(13)14)8(12)5-6/h3-5H,1-2H3,(H,13,14)(H,15,16). The van der Waals surface area contributed by atoms with E-state index in [0.29, 0.717) is 10.0 Å². The maximum atomic E-state index is 11.0. The van der Waals surface area contributed by atoms with Crippen LogP contribution in [0, 0.1) is 0 Å². The molecular formula is C11H11BrO4. The molecule has 0 unspecified atom stereocenters. The maximum Gasteiger partial charge on any atom is 0.336 e. The Bertz CT molecular complexity index is 451. The van der Waals surface area contributed by atoms with Gasteiger partial charge in [-0.1, -0.05) is 6.07 Å². The highest BCUT2D eigenvalue weighted by Crippen LogP contribution is 2.28. The lowest BCUT2D eigenvalue weighted by Gasteiger charge is -2.20. The molecule has 86 valence electrons. The summed E-state index contributed by atoms with van der Waals surface area (Å²) in [6.07, 6.45) is 0. The minimum absolute atomic E-state index is 0.116. The molecule has 0 aromatic heterocycles. The summed E-state index contributed by atoms with van der Waals surface area (Å²) in [4.78, 5) is 21.8. The van der Waals surface area contributed by atoms with Crippen molar-refractivity contribution < 1.29 is 19.8 Å². The van der Waals surface area contributed by atoms with Gasteiger partial charge in [-0.25, -0.2) is 4.79 Å². The Labute approximate surface area is 101 Å². The second kappa shape index (κ2) is 4.25. The van der Waals surface area contributed by atoms with Crippen molar-refractivity contribution in [3.63, 3.8) is 0 Å². The molecule has 4 nitrogen and oxygen atoms in total. The van der Waals surface area contributed by atoms with Gasteiger partial charge in [-0.15, -0.1) is 0 Å². The molecule has 0 saturated heterocycles. The molecule has 0 bridgehead atoms. The maximum absolute atomic E-state index is 11.0. The predicted octanol–water partition coefficient (Wildman–Crippen LogP) is 2.51. The summed E-state index contributed by atoms with van der Waals surface area (Å²) in [6.45, 7) is 3.13. The third-order valence-electron chi connectivity index (χ3n) is 2.46. The minimum atomic E-state index is -1.05. The first kappa shape index (κ1) is 12.7. The van der Waals surface area contributed by atoms with Gasteiger partial charge in [0, 0.05) is 4.47 Å². The topological polar surface area (TPSA) is 74.6 Å². The molecule has 0 saturated carbocycles. The molecule has 0 heterocycles. The summed E-state index contributed by atoms with van der Waals surface area (Å²) in [6, 6.07) is 4.44. The monoisotopic (exact) mass is 286 g/mol. The Kier molecular flexibility index (Phi) is 3.38. The third-order valence-corrected chi connectivity index (χ3v) is 3.11. The lowest BCUT2D eigenvalue weighted by molar-refractivity contribution is -0.142. The van der Waals surface area contributed by atoms with E-state index in [1.165, 1.54) is 18.2 Å². The van der Waals surface area contributed by atoms with Gasteiger partial charge in [0.05, 0.1) is 11.0 Å². The summed E-state index contributed by atoms with van der Waals surface area (Å²) in [7, 11) is 0. The Balaban J connectivity index is 3.26. The van der Waals surface area contributed by atoms with Crippen LogP contribution in [0.5, 0.6) is 0 Å². The van der Waals surface area contributed by atoms with Crippen LogP contribution in [-0.4, -0.2) is 22.2 Å². The summed E-state index contributed by atoms with van der Waals surface area (Å²) >= 11 is 3.12. The van der Waals surface area contributed by atoms with Gasteiger partial charge in [-0.2, -0.15) is 0 Å². The van der Waals surface area contributed by atoms with Gasteiger partial charge in [-0.3, -0.25) is 4.79 Å². The molecule has 5 heteroatoms. The van der Waals surface area contributed by atoms with E-state index in [4.69, 9.17) is 10.2 Å². The number of carbonyl (C=O) groups is 2. The van der Waals surface area contributed by atoms with Crippen LogP contribution in [0.25, 0.3) is 0 Å². The second-order valence-corrected chi connectivity index (χ2v) is 4.78. The third kappa shape index (κ3) is 2.24. The zero-order valence-corrected chi connectivity index (χ0v) is 10.4. The van der Waals surface area contributed by atoms with Gasteiger partial charge >= 0.3 is 11.9 Å². The number of hydrogen-bond acceptors (Lipinski definition) is 2. The van der Waals surface area contributed by atoms with Crippen molar-refractivity contribution in [1.82, 2.24) is 0 Å². The molecule has 1 aromatic carbocycles. The highest BCUT2D eigenvalue weighted by Gasteiger charge is 2.30. The summed E-state index contributed by atoms with van der Waals surface area (Å²) in [5.41, 5.74) is -0.374. The fourth-order valence-electron chi connectivity index (χ4n) is 1.20. The molecule has 16 heavy (non-hydrogen) atoms. The van der Waals surface area contributed by atoms with Crippen LogP contribution in [0.4, 0.5) is 0 Å². The average Bonchev–Trinajstić information content (AvgIpc) is 2.16. The van der Waals surface area contributed by atoms with Crippen LogP contribution in [0.3, 0.4) is 0 Å². The van der Waals surface area contributed by atoms with Gasteiger partial charge in [0.25, 0.3) is 0 Å². The van der Waals surface area contributed by atoms with E-state index in [1.807, 2.05) is 0 Å². The molecule has 0 aliphatic heterocycles. The van der Waals surface area contributed by atoms with Gasteiger partial charge < -0.3 is 10.2 Å². The molecule has 1 rings (SSSR count). The van der Waals surface area contributed by atoms with Crippen LogP contribution in [-0.2, 0) is 10.2 Å². The van der Waals surface area contributed by atoms with Crippen molar-refractivity contribution in [3.8, 4) is 0 Å². The van der Waals surface area contributed by atoms with Crippen LogP contribution in [0.2, 0.25) is 0 Å². The molecule has 1 aromatic rings. The van der Waals surface area contributed by atoms with Crippen LogP contribution in [0.1, 0.15) is 29.8 Å². The fraction of sp³-hybridized carbons (Fsp3) is 0.273. The summed E-state index contributed by atoms with van der Waals surface area (Å²) in [5.74, 6) is -2.01. The van der Waals surface area contributed by atoms with E-state index >= 15 is 0 Å². The fourth-order valence-corrected chi connectivity index (χ4v) is 1.75. The molecule has 2 N–H and O–H groups in total. The number of halogens is 1. The van der Waals surface area contributed by atoms with Crippen LogP contribution in [0.15, 0.2) is 22.7 Å². The van der Waals surface area contributed by atoms with E-state index in [2.05, 4.69) is 15.9 Å². The van der Waals surface area contributed by atoms with E-state index < -0.39 is 17.4 Å². The number of rotatable bonds is 3. The Morgan fingerprint density at radius 1 is 1.25 bits per heavy atom. The highest BCUT2D eigenvalue weighted by molar-refractivity contribution is 9.10. The molecule has 0 atom stereocenters. The molecule has 0 amide bonds. The lowest BCUT2D eigenvalue weighted by atomic mass is 9.84. The molecular weight excluding hydrogens is 276 g/mol. The van der Waals surface area contributed by atoms with Gasteiger partial charge in [-0.05, 0) is 47.5 Å².